The van der Waals surface area contributed by atoms with Crippen LogP contribution in [0.1, 0.15) is 55.5 Å². The molecule has 1 amide bonds. The van der Waals surface area contributed by atoms with Crippen LogP contribution in [0.3, 0.4) is 0 Å². The Morgan fingerprint density at radius 1 is 1.20 bits per heavy atom. The van der Waals surface area contributed by atoms with E-state index < -0.39 is 24.5 Å². The predicted octanol–water partition coefficient (Wildman–Crippen LogP) is 2.96. The minimum absolute atomic E-state index is 0.109. The smallest absolute Gasteiger partial charge is 0.366 e. The first kappa shape index (κ1) is 24.0. The molecule has 0 bridgehead atoms. The molecule has 1 atom stereocenters. The third kappa shape index (κ3) is 6.60. The molecule has 8 heteroatoms. The molecule has 1 fully saturated rings. The van der Waals surface area contributed by atoms with Gasteiger partial charge in [-0.15, -0.1) is 0 Å². The summed E-state index contributed by atoms with van der Waals surface area (Å²) in [5.41, 5.74) is 0.890. The number of alkyl halides is 1. The summed E-state index contributed by atoms with van der Waals surface area (Å²) in [6.45, 7) is 3.20. The number of halogens is 1. The fourth-order valence-electron chi connectivity index (χ4n) is 3.26. The molecule has 1 aromatic rings. The van der Waals surface area contributed by atoms with E-state index in [1.807, 2.05) is 0 Å². The minimum Gasteiger partial charge on any atom is -0.465 e. The molecule has 30 heavy (non-hydrogen) atoms. The van der Waals surface area contributed by atoms with Crippen LogP contribution in [0.15, 0.2) is 24.3 Å². The summed E-state index contributed by atoms with van der Waals surface area (Å²) in [7, 11) is 1.29. The second kappa shape index (κ2) is 11.2. The fourth-order valence-corrected chi connectivity index (χ4v) is 3.26. The quantitative estimate of drug-likeness (QED) is 0.460. The Balaban J connectivity index is 1.74. The molecule has 1 aliphatic rings. The molecule has 1 heterocycles. The van der Waals surface area contributed by atoms with Gasteiger partial charge in [0.2, 0.25) is 0 Å². The van der Waals surface area contributed by atoms with Crippen molar-refractivity contribution in [2.75, 3.05) is 20.3 Å². The van der Waals surface area contributed by atoms with Crippen LogP contribution >= 0.6 is 0 Å². The average Bonchev–Trinajstić information content (AvgIpc) is 2.76. The molecule has 0 radical (unpaired) electrons. The summed E-state index contributed by atoms with van der Waals surface area (Å²) in [6, 6.07) is 5.63. The lowest BCUT2D eigenvalue weighted by atomic mass is 9.98. The Labute approximate surface area is 176 Å². The Morgan fingerprint density at radius 3 is 2.37 bits per heavy atom. The van der Waals surface area contributed by atoms with Gasteiger partial charge in [-0.1, -0.05) is 25.0 Å². The number of methoxy groups -OCH3 is 1. The Kier molecular flexibility index (Phi) is 8.92. The van der Waals surface area contributed by atoms with E-state index in [-0.39, 0.29) is 17.6 Å². The Hall–Kier alpha value is -2.32. The maximum atomic E-state index is 12.6. The zero-order valence-corrected chi connectivity index (χ0v) is 17.7. The van der Waals surface area contributed by atoms with Gasteiger partial charge < -0.3 is 19.5 Å². The van der Waals surface area contributed by atoms with Crippen LogP contribution in [0.5, 0.6) is 0 Å². The average molecular weight is 423 g/mol. The summed E-state index contributed by atoms with van der Waals surface area (Å²) >= 11 is 0. The molecule has 1 aliphatic heterocycles. The number of esters is 1. The predicted molar refractivity (Wildman–Crippen MR) is 107 cm³/mol. The number of ketones is 1. The first-order chi connectivity index (χ1) is 14.3. The van der Waals surface area contributed by atoms with E-state index in [4.69, 9.17) is 9.47 Å². The molecular weight excluding hydrogens is 393 g/mol. The number of ether oxygens (including phenoxy) is 3. The molecule has 0 spiro atoms. The third-order valence-corrected chi connectivity index (χ3v) is 5.27. The lowest BCUT2D eigenvalue weighted by Crippen LogP contribution is -2.48. The topological polar surface area (TPSA) is 90.9 Å². The summed E-state index contributed by atoms with van der Waals surface area (Å²) in [6.07, 6.45) is 2.92. The van der Waals surface area contributed by atoms with E-state index in [0.29, 0.717) is 30.8 Å². The molecule has 1 N–H and O–H groups in total. The molecule has 166 valence electrons. The summed E-state index contributed by atoms with van der Waals surface area (Å²) in [5.74, 6) is -2.21. The van der Waals surface area contributed by atoms with Crippen LogP contribution in [-0.4, -0.2) is 49.8 Å². The van der Waals surface area contributed by atoms with Crippen molar-refractivity contribution in [2.24, 2.45) is 5.92 Å². The molecule has 7 nitrogen and oxygen atoms in total. The molecule has 2 rings (SSSR count). The van der Waals surface area contributed by atoms with Gasteiger partial charge in [-0.3, -0.25) is 9.59 Å². The van der Waals surface area contributed by atoms with Gasteiger partial charge in [0.15, 0.2) is 5.78 Å². The van der Waals surface area contributed by atoms with Gasteiger partial charge in [-0.2, -0.15) is 0 Å². The Bertz CT molecular complexity index is 728. The highest BCUT2D eigenvalue weighted by molar-refractivity contribution is 5.97. The van der Waals surface area contributed by atoms with Crippen LogP contribution in [0.25, 0.3) is 0 Å². The zero-order valence-electron chi connectivity index (χ0n) is 17.7. The van der Waals surface area contributed by atoms with Gasteiger partial charge in [0.1, 0.15) is 6.67 Å². The number of carbonyl (C=O) groups excluding carboxylic acids is 3. The number of rotatable bonds is 10. The normalized spacial score (nSPS) is 22.2. The number of Topliss-reactive ketones (excluding diaryl/α,β-unsaturated/α-hetero) is 1. The number of hydrogen-bond donors (Lipinski definition) is 1. The second-order valence-corrected chi connectivity index (χ2v) is 7.68. The number of nitrogens with one attached hydrogen (secondary N) is 1. The summed E-state index contributed by atoms with van der Waals surface area (Å²) in [5, 5.41) is 2.76. The van der Waals surface area contributed by atoms with Gasteiger partial charge in [0.25, 0.3) is 11.7 Å². The maximum Gasteiger partial charge on any atom is 0.366 e. The molecule has 1 saturated heterocycles. The van der Waals surface area contributed by atoms with Crippen LogP contribution in [-0.2, 0) is 30.5 Å². The van der Waals surface area contributed by atoms with Crippen molar-refractivity contribution in [3.05, 3.63) is 35.4 Å². The van der Waals surface area contributed by atoms with Gasteiger partial charge in [-0.25, -0.2) is 9.18 Å². The van der Waals surface area contributed by atoms with E-state index in [9.17, 15) is 18.8 Å². The second-order valence-electron chi connectivity index (χ2n) is 7.68. The highest BCUT2D eigenvalue weighted by Crippen LogP contribution is 2.25. The van der Waals surface area contributed by atoms with Gasteiger partial charge in [0.05, 0.1) is 26.4 Å². The van der Waals surface area contributed by atoms with Crippen LogP contribution < -0.4 is 5.32 Å². The minimum atomic E-state index is -1.35. The standard InChI is InChI=1S/C22H30FNO6/c1-15(25)19(24-20(26)18-10-8-16(12-23)9-11-18)7-5-4-6-17-13-29-22(2,30-14-17)21(27)28-3/h8-11,17,19H,4-7,12-14H2,1-3H3,(H,24,26). The van der Waals surface area contributed by atoms with Gasteiger partial charge in [0, 0.05) is 18.4 Å². The van der Waals surface area contributed by atoms with E-state index in [1.165, 1.54) is 14.0 Å². The van der Waals surface area contributed by atoms with Crippen molar-refractivity contribution in [2.45, 2.75) is 58.0 Å². The number of unbranched alkanes of at least 4 members (excludes halogenated alkanes) is 1. The largest absolute Gasteiger partial charge is 0.465 e. The molecule has 1 unspecified atom stereocenters. The van der Waals surface area contributed by atoms with Crippen molar-refractivity contribution < 1.29 is 33.0 Å². The SMILES string of the molecule is COC(=O)C1(C)OCC(CCCCC(NC(=O)c2ccc(CF)cc2)C(C)=O)CO1. The van der Waals surface area contributed by atoms with Crippen LogP contribution in [0.2, 0.25) is 0 Å². The molecule has 0 saturated carbocycles. The Morgan fingerprint density at radius 2 is 1.83 bits per heavy atom. The van der Waals surface area contributed by atoms with Crippen LogP contribution in [0.4, 0.5) is 4.39 Å². The first-order valence-electron chi connectivity index (χ1n) is 10.1. The summed E-state index contributed by atoms with van der Waals surface area (Å²) < 4.78 is 28.3. The lowest BCUT2D eigenvalue weighted by molar-refractivity contribution is -0.272. The maximum absolute atomic E-state index is 12.6. The number of benzene rings is 1. The lowest BCUT2D eigenvalue weighted by Gasteiger charge is -2.35. The molecular formula is C22H30FNO6. The van der Waals surface area contributed by atoms with Crippen molar-refractivity contribution in [1.29, 1.82) is 0 Å². The van der Waals surface area contributed by atoms with Crippen molar-refractivity contribution in [3.8, 4) is 0 Å². The molecule has 1 aromatic carbocycles. The molecule has 0 aromatic heterocycles. The third-order valence-electron chi connectivity index (χ3n) is 5.27. The van der Waals surface area contributed by atoms with Crippen molar-refractivity contribution in [3.63, 3.8) is 0 Å². The van der Waals surface area contributed by atoms with E-state index in [2.05, 4.69) is 10.1 Å². The highest BCUT2D eigenvalue weighted by Gasteiger charge is 2.41. The summed E-state index contributed by atoms with van der Waals surface area (Å²) in [4.78, 5) is 35.9. The zero-order chi connectivity index (χ0) is 22.1. The van der Waals surface area contributed by atoms with Gasteiger partial charge >= 0.3 is 5.97 Å². The van der Waals surface area contributed by atoms with Crippen molar-refractivity contribution >= 4 is 17.7 Å². The number of hydrogen-bond acceptors (Lipinski definition) is 6. The van der Waals surface area contributed by atoms with Crippen LogP contribution in [0, 0.1) is 5.92 Å². The fraction of sp³-hybridized carbons (Fsp3) is 0.591. The number of carbonyl (C=O) groups is 3. The first-order valence-corrected chi connectivity index (χ1v) is 10.1. The van der Waals surface area contributed by atoms with E-state index in [0.717, 1.165) is 19.3 Å². The highest BCUT2D eigenvalue weighted by atomic mass is 19.1. The van der Waals surface area contributed by atoms with E-state index >= 15 is 0 Å². The molecule has 0 aliphatic carbocycles. The van der Waals surface area contributed by atoms with Gasteiger partial charge in [-0.05, 0) is 37.5 Å². The number of amides is 1. The van der Waals surface area contributed by atoms with E-state index in [1.54, 1.807) is 31.2 Å². The van der Waals surface area contributed by atoms with Crippen molar-refractivity contribution in [1.82, 2.24) is 5.32 Å². The monoisotopic (exact) mass is 423 g/mol.